The lowest BCUT2D eigenvalue weighted by atomic mass is 9.83. The van der Waals surface area contributed by atoms with E-state index in [1.165, 1.54) is 12.1 Å². The zero-order chi connectivity index (χ0) is 15.5. The van der Waals surface area contributed by atoms with Crippen molar-refractivity contribution in [3.8, 4) is 6.07 Å². The largest absolute Gasteiger partial charge is 0.417 e. The van der Waals surface area contributed by atoms with Crippen LogP contribution >= 0.6 is 0 Å². The predicted molar refractivity (Wildman–Crippen MR) is 74.9 cm³/mol. The average molecular weight is 297 g/mol. The molecule has 1 aromatic carbocycles. The van der Waals surface area contributed by atoms with E-state index in [1.54, 1.807) is 6.07 Å². The molecule has 1 atom stereocenters. The van der Waals surface area contributed by atoms with Crippen LogP contribution in [0.15, 0.2) is 18.2 Å². The minimum absolute atomic E-state index is 0.0771. The van der Waals surface area contributed by atoms with Crippen molar-refractivity contribution in [2.45, 2.75) is 25.9 Å². The van der Waals surface area contributed by atoms with E-state index >= 15 is 0 Å². The fourth-order valence-electron chi connectivity index (χ4n) is 2.58. The number of halogens is 3. The molecule has 0 bridgehead atoms. The van der Waals surface area contributed by atoms with Crippen LogP contribution in [0, 0.1) is 16.7 Å². The highest BCUT2D eigenvalue weighted by atomic mass is 19.4. The van der Waals surface area contributed by atoms with Crippen molar-refractivity contribution in [3.05, 3.63) is 29.3 Å². The first kappa shape index (κ1) is 15.6. The van der Waals surface area contributed by atoms with Crippen LogP contribution in [0.5, 0.6) is 0 Å². The molecule has 2 rings (SSSR count). The molecule has 0 amide bonds. The molecule has 1 aliphatic heterocycles. The highest BCUT2D eigenvalue weighted by molar-refractivity contribution is 5.53. The maximum atomic E-state index is 12.7. The molecule has 1 aromatic rings. The molecule has 1 fully saturated rings. The zero-order valence-corrected chi connectivity index (χ0v) is 11.8. The van der Waals surface area contributed by atoms with Crippen molar-refractivity contribution in [1.82, 2.24) is 5.32 Å². The highest BCUT2D eigenvalue weighted by Crippen LogP contribution is 2.33. The Morgan fingerprint density at radius 3 is 2.76 bits per heavy atom. The molecule has 0 aromatic heterocycles. The third kappa shape index (κ3) is 3.88. The Kier molecular flexibility index (Phi) is 4.43. The summed E-state index contributed by atoms with van der Waals surface area (Å²) in [5, 5.41) is 15.4. The van der Waals surface area contributed by atoms with E-state index in [4.69, 9.17) is 5.26 Å². The van der Waals surface area contributed by atoms with Crippen molar-refractivity contribution in [2.24, 2.45) is 5.41 Å². The molecule has 2 N–H and O–H groups in total. The molecule has 1 saturated heterocycles. The SMILES string of the molecule is CC1(CNc2ccc(C(F)(F)F)c(C#N)c2)CCCNC1. The summed E-state index contributed by atoms with van der Waals surface area (Å²) in [4.78, 5) is 0. The molecule has 6 heteroatoms. The van der Waals surface area contributed by atoms with Gasteiger partial charge in [0.25, 0.3) is 0 Å². The molecular formula is C15H18F3N3. The van der Waals surface area contributed by atoms with E-state index in [-0.39, 0.29) is 11.0 Å². The molecule has 1 heterocycles. The topological polar surface area (TPSA) is 47.9 Å². The van der Waals surface area contributed by atoms with Gasteiger partial charge in [-0.05, 0) is 43.0 Å². The summed E-state index contributed by atoms with van der Waals surface area (Å²) in [5.41, 5.74) is -0.611. The maximum Gasteiger partial charge on any atom is 0.417 e. The van der Waals surface area contributed by atoms with Crippen LogP contribution in [0.1, 0.15) is 30.9 Å². The summed E-state index contributed by atoms with van der Waals surface area (Å²) in [7, 11) is 0. The molecule has 3 nitrogen and oxygen atoms in total. The number of hydrogen-bond donors (Lipinski definition) is 2. The van der Waals surface area contributed by atoms with Gasteiger partial charge in [0.15, 0.2) is 0 Å². The summed E-state index contributed by atoms with van der Waals surface area (Å²) in [5.74, 6) is 0. The Balaban J connectivity index is 2.10. The first-order chi connectivity index (χ1) is 9.84. The Hall–Kier alpha value is -1.74. The Bertz CT molecular complexity index is 540. The van der Waals surface area contributed by atoms with Gasteiger partial charge in [0.1, 0.15) is 0 Å². The molecule has 0 saturated carbocycles. The number of nitrogens with one attached hydrogen (secondary N) is 2. The van der Waals surface area contributed by atoms with E-state index in [1.807, 2.05) is 0 Å². The Morgan fingerprint density at radius 1 is 1.43 bits per heavy atom. The number of rotatable bonds is 3. The van der Waals surface area contributed by atoms with Gasteiger partial charge in [0.2, 0.25) is 0 Å². The zero-order valence-electron chi connectivity index (χ0n) is 11.8. The van der Waals surface area contributed by atoms with Crippen LogP contribution in [0.4, 0.5) is 18.9 Å². The van der Waals surface area contributed by atoms with Gasteiger partial charge in [0.05, 0.1) is 17.2 Å². The van der Waals surface area contributed by atoms with Crippen LogP contribution in [-0.2, 0) is 6.18 Å². The highest BCUT2D eigenvalue weighted by Gasteiger charge is 2.33. The summed E-state index contributed by atoms with van der Waals surface area (Å²) in [6.45, 7) is 4.69. The second-order valence-corrected chi connectivity index (χ2v) is 5.81. The van der Waals surface area contributed by atoms with Crippen LogP contribution in [0.2, 0.25) is 0 Å². The van der Waals surface area contributed by atoms with Crippen LogP contribution in [0.3, 0.4) is 0 Å². The van der Waals surface area contributed by atoms with Crippen molar-refractivity contribution in [1.29, 1.82) is 5.26 Å². The van der Waals surface area contributed by atoms with Crippen LogP contribution in [-0.4, -0.2) is 19.6 Å². The molecule has 1 unspecified atom stereocenters. The smallest absolute Gasteiger partial charge is 0.384 e. The van der Waals surface area contributed by atoms with Crippen molar-refractivity contribution in [3.63, 3.8) is 0 Å². The number of hydrogen-bond acceptors (Lipinski definition) is 3. The van der Waals surface area contributed by atoms with Crippen molar-refractivity contribution < 1.29 is 13.2 Å². The number of nitriles is 1. The molecule has 0 aliphatic carbocycles. The second-order valence-electron chi connectivity index (χ2n) is 5.81. The molecule has 1 aliphatic rings. The van der Waals surface area contributed by atoms with Gasteiger partial charge in [-0.15, -0.1) is 0 Å². The monoisotopic (exact) mass is 297 g/mol. The lowest BCUT2D eigenvalue weighted by molar-refractivity contribution is -0.137. The van der Waals surface area contributed by atoms with E-state index in [2.05, 4.69) is 17.6 Å². The molecular weight excluding hydrogens is 279 g/mol. The van der Waals surface area contributed by atoms with E-state index in [0.29, 0.717) is 12.2 Å². The van der Waals surface area contributed by atoms with Crippen LogP contribution in [0.25, 0.3) is 0 Å². The van der Waals surface area contributed by atoms with Gasteiger partial charge in [0, 0.05) is 18.8 Å². The fourth-order valence-corrected chi connectivity index (χ4v) is 2.58. The van der Waals surface area contributed by atoms with Gasteiger partial charge >= 0.3 is 6.18 Å². The first-order valence-corrected chi connectivity index (χ1v) is 6.90. The van der Waals surface area contributed by atoms with Crippen molar-refractivity contribution >= 4 is 5.69 Å². The average Bonchev–Trinajstić information content (AvgIpc) is 2.44. The number of nitrogens with zero attached hydrogens (tertiary/aromatic N) is 1. The summed E-state index contributed by atoms with van der Waals surface area (Å²) >= 11 is 0. The molecule has 0 radical (unpaired) electrons. The standard InChI is InChI=1S/C15H18F3N3/c1-14(5-2-6-20-9-14)10-21-12-3-4-13(15(16,17)18)11(7-12)8-19/h3-4,7,20-21H,2,5-6,9-10H2,1H3. The number of piperidine rings is 1. The first-order valence-electron chi connectivity index (χ1n) is 6.90. The third-order valence-corrected chi connectivity index (χ3v) is 3.85. The number of alkyl halides is 3. The van der Waals surface area contributed by atoms with Gasteiger partial charge in [-0.3, -0.25) is 0 Å². The molecule has 21 heavy (non-hydrogen) atoms. The quantitative estimate of drug-likeness (QED) is 0.899. The summed E-state index contributed by atoms with van der Waals surface area (Å²) in [6.07, 6.45) is -2.34. The summed E-state index contributed by atoms with van der Waals surface area (Å²) in [6, 6.07) is 5.22. The van der Waals surface area contributed by atoms with E-state index in [0.717, 1.165) is 32.0 Å². The van der Waals surface area contributed by atoms with Crippen LogP contribution < -0.4 is 10.6 Å². The minimum atomic E-state index is -4.50. The lowest BCUT2D eigenvalue weighted by Crippen LogP contribution is -2.42. The van der Waals surface area contributed by atoms with Gasteiger partial charge in [-0.1, -0.05) is 6.92 Å². The summed E-state index contributed by atoms with van der Waals surface area (Å²) < 4.78 is 38.2. The van der Waals surface area contributed by atoms with Gasteiger partial charge in [-0.25, -0.2) is 0 Å². The predicted octanol–water partition coefficient (Wildman–Crippen LogP) is 3.38. The van der Waals surface area contributed by atoms with Gasteiger partial charge in [-0.2, -0.15) is 18.4 Å². The number of anilines is 1. The molecule has 114 valence electrons. The van der Waals surface area contributed by atoms with E-state index < -0.39 is 11.7 Å². The second kappa shape index (κ2) is 5.94. The van der Waals surface area contributed by atoms with Crippen molar-refractivity contribution in [2.75, 3.05) is 25.0 Å². The minimum Gasteiger partial charge on any atom is -0.384 e. The fraction of sp³-hybridized carbons (Fsp3) is 0.533. The lowest BCUT2D eigenvalue weighted by Gasteiger charge is -2.34. The van der Waals surface area contributed by atoms with E-state index in [9.17, 15) is 13.2 Å². The Morgan fingerprint density at radius 2 is 2.19 bits per heavy atom. The normalized spacial score (nSPS) is 22.6. The molecule has 0 spiro atoms. The number of benzene rings is 1. The van der Waals surface area contributed by atoms with Gasteiger partial charge < -0.3 is 10.6 Å². The third-order valence-electron chi connectivity index (χ3n) is 3.85. The maximum absolute atomic E-state index is 12.7. The Labute approximate surface area is 122 Å².